The van der Waals surface area contributed by atoms with Crippen LogP contribution >= 0.6 is 11.8 Å². The second kappa shape index (κ2) is 7.55. The van der Waals surface area contributed by atoms with Crippen LogP contribution in [0.2, 0.25) is 0 Å². The lowest BCUT2D eigenvalue weighted by atomic mass is 10.1. The molecule has 0 radical (unpaired) electrons. The van der Waals surface area contributed by atoms with Crippen molar-refractivity contribution in [3.8, 4) is 0 Å². The molecule has 2 aromatic carbocycles. The monoisotopic (exact) mass is 326 g/mol. The van der Waals surface area contributed by atoms with Crippen LogP contribution in [0.4, 0.5) is 11.4 Å². The Balaban J connectivity index is 1.67. The Bertz CT molecular complexity index is 669. The van der Waals surface area contributed by atoms with Crippen LogP contribution in [0.25, 0.3) is 0 Å². The number of fused-ring (bicyclic) bond motifs is 1. The number of para-hydroxylation sites is 1. The molecule has 3 nitrogen and oxygen atoms in total. The molecule has 120 valence electrons. The lowest BCUT2D eigenvalue weighted by Crippen LogP contribution is -2.34. The van der Waals surface area contributed by atoms with Crippen LogP contribution in [0.3, 0.4) is 0 Å². The van der Waals surface area contributed by atoms with E-state index in [1.807, 2.05) is 30.0 Å². The minimum atomic E-state index is 0.0379. The van der Waals surface area contributed by atoms with Gasteiger partial charge >= 0.3 is 0 Å². The minimum Gasteiger partial charge on any atom is -0.361 e. The molecule has 1 N–H and O–H groups in total. The number of hydrogen-bond acceptors (Lipinski definition) is 3. The molecule has 0 aliphatic carbocycles. The average molecular weight is 326 g/mol. The van der Waals surface area contributed by atoms with E-state index >= 15 is 0 Å². The number of thioether (sulfide) groups is 1. The van der Waals surface area contributed by atoms with Crippen LogP contribution in [0, 0.1) is 0 Å². The highest BCUT2D eigenvalue weighted by molar-refractivity contribution is 7.99. The van der Waals surface area contributed by atoms with Gasteiger partial charge in [0, 0.05) is 17.1 Å². The fraction of sp³-hybridized carbons (Fsp3) is 0.316. The molecular weight excluding hydrogens is 304 g/mol. The lowest BCUT2D eigenvalue weighted by molar-refractivity contribution is -0.115. The molecule has 23 heavy (non-hydrogen) atoms. The maximum atomic E-state index is 12.4. The summed E-state index contributed by atoms with van der Waals surface area (Å²) in [6.45, 7) is 3.45. The largest absolute Gasteiger partial charge is 0.361 e. The molecule has 1 amide bonds. The molecule has 1 aliphatic rings. The highest BCUT2D eigenvalue weighted by atomic mass is 32.2. The van der Waals surface area contributed by atoms with Gasteiger partial charge in [-0.2, -0.15) is 0 Å². The van der Waals surface area contributed by atoms with Gasteiger partial charge in [-0.1, -0.05) is 31.2 Å². The van der Waals surface area contributed by atoms with E-state index in [-0.39, 0.29) is 5.91 Å². The molecule has 4 heteroatoms. The van der Waals surface area contributed by atoms with Crippen LogP contribution in [0.1, 0.15) is 18.9 Å². The van der Waals surface area contributed by atoms with Crippen LogP contribution in [0.5, 0.6) is 0 Å². The Morgan fingerprint density at radius 3 is 2.74 bits per heavy atom. The molecular formula is C19H22N2OS. The molecule has 0 fully saturated rings. The van der Waals surface area contributed by atoms with Gasteiger partial charge in [0.05, 0.1) is 12.2 Å². The zero-order valence-corrected chi connectivity index (χ0v) is 14.2. The standard InChI is InChI=1S/C19H22N2OS/c1-2-15-8-10-16(11-9-15)20-19(22)14-21-12-5-13-23-18-7-4-3-6-17(18)21/h3-4,6-11H,2,5,12-14H2,1H3,(H,20,22). The van der Waals surface area contributed by atoms with Gasteiger partial charge in [-0.3, -0.25) is 4.79 Å². The van der Waals surface area contributed by atoms with Crippen LogP contribution in [-0.4, -0.2) is 24.7 Å². The summed E-state index contributed by atoms with van der Waals surface area (Å²) in [5, 5.41) is 3.00. The predicted molar refractivity (Wildman–Crippen MR) is 98.4 cm³/mol. The van der Waals surface area contributed by atoms with Gasteiger partial charge in [-0.05, 0) is 48.4 Å². The number of benzene rings is 2. The smallest absolute Gasteiger partial charge is 0.243 e. The van der Waals surface area contributed by atoms with Crippen molar-refractivity contribution in [2.24, 2.45) is 0 Å². The SMILES string of the molecule is CCc1ccc(NC(=O)CN2CCCSc3ccccc32)cc1. The molecule has 0 spiro atoms. The Morgan fingerprint density at radius 2 is 1.96 bits per heavy atom. The van der Waals surface area contributed by atoms with Crippen molar-refractivity contribution in [3.63, 3.8) is 0 Å². The number of carbonyl (C=O) groups is 1. The van der Waals surface area contributed by atoms with Crippen molar-refractivity contribution in [1.29, 1.82) is 0 Å². The number of nitrogens with one attached hydrogen (secondary N) is 1. The van der Waals surface area contributed by atoms with E-state index in [0.717, 1.165) is 30.8 Å². The summed E-state index contributed by atoms with van der Waals surface area (Å²) in [5.74, 6) is 1.14. The molecule has 0 unspecified atom stereocenters. The summed E-state index contributed by atoms with van der Waals surface area (Å²) in [6.07, 6.45) is 2.11. The van der Waals surface area contributed by atoms with Crippen LogP contribution in [-0.2, 0) is 11.2 Å². The van der Waals surface area contributed by atoms with Crippen molar-refractivity contribution in [3.05, 3.63) is 54.1 Å². The van der Waals surface area contributed by atoms with Gasteiger partial charge in [-0.25, -0.2) is 0 Å². The third-order valence-corrected chi connectivity index (χ3v) is 5.17. The first-order chi connectivity index (χ1) is 11.3. The van der Waals surface area contributed by atoms with Crippen molar-refractivity contribution in [2.45, 2.75) is 24.7 Å². The average Bonchev–Trinajstić information content (AvgIpc) is 2.78. The molecule has 2 aromatic rings. The van der Waals surface area contributed by atoms with Gasteiger partial charge in [0.25, 0.3) is 0 Å². The van der Waals surface area contributed by atoms with Gasteiger partial charge in [-0.15, -0.1) is 11.8 Å². The first-order valence-corrected chi connectivity index (χ1v) is 9.10. The van der Waals surface area contributed by atoms with Crippen molar-refractivity contribution in [2.75, 3.05) is 29.1 Å². The fourth-order valence-corrected chi connectivity index (χ4v) is 3.77. The Labute approximate surface area is 142 Å². The lowest BCUT2D eigenvalue weighted by Gasteiger charge is -2.23. The minimum absolute atomic E-state index is 0.0379. The first kappa shape index (κ1) is 15.9. The normalized spacial score (nSPS) is 14.0. The summed E-state index contributed by atoms with van der Waals surface area (Å²) < 4.78 is 0. The summed E-state index contributed by atoms with van der Waals surface area (Å²) in [4.78, 5) is 15.9. The van der Waals surface area contributed by atoms with Gasteiger partial charge in [0.2, 0.25) is 5.91 Å². The van der Waals surface area contributed by atoms with Gasteiger partial charge < -0.3 is 10.2 Å². The maximum Gasteiger partial charge on any atom is 0.243 e. The van der Waals surface area contributed by atoms with Gasteiger partial charge in [0.1, 0.15) is 0 Å². The molecule has 0 aromatic heterocycles. The Kier molecular flexibility index (Phi) is 5.23. The third kappa shape index (κ3) is 4.08. The predicted octanol–water partition coefficient (Wildman–Crippen LogP) is 4.19. The molecule has 0 saturated heterocycles. The highest BCUT2D eigenvalue weighted by Gasteiger charge is 2.17. The van der Waals surface area contributed by atoms with Crippen molar-refractivity contribution < 1.29 is 4.79 Å². The Morgan fingerprint density at radius 1 is 1.17 bits per heavy atom. The molecule has 0 saturated carbocycles. The van der Waals surface area contributed by atoms with Crippen molar-refractivity contribution in [1.82, 2.24) is 0 Å². The maximum absolute atomic E-state index is 12.4. The quantitative estimate of drug-likeness (QED) is 0.914. The number of aryl methyl sites for hydroxylation is 1. The number of nitrogens with zero attached hydrogens (tertiary/aromatic N) is 1. The topological polar surface area (TPSA) is 32.3 Å². The van der Waals surface area contributed by atoms with E-state index in [1.165, 1.54) is 16.1 Å². The number of amides is 1. The molecule has 1 heterocycles. The Hall–Kier alpha value is -1.94. The number of rotatable bonds is 4. The molecule has 3 rings (SSSR count). The second-order valence-corrected chi connectivity index (χ2v) is 6.83. The van der Waals surface area contributed by atoms with Gasteiger partial charge in [0.15, 0.2) is 0 Å². The van der Waals surface area contributed by atoms with E-state index < -0.39 is 0 Å². The van der Waals surface area contributed by atoms with Crippen LogP contribution < -0.4 is 10.2 Å². The summed E-state index contributed by atoms with van der Waals surface area (Å²) >= 11 is 1.88. The zero-order valence-electron chi connectivity index (χ0n) is 13.4. The summed E-state index contributed by atoms with van der Waals surface area (Å²) in [6, 6.07) is 16.4. The zero-order chi connectivity index (χ0) is 16.1. The summed E-state index contributed by atoms with van der Waals surface area (Å²) in [5.41, 5.74) is 3.32. The van der Waals surface area contributed by atoms with E-state index in [4.69, 9.17) is 0 Å². The molecule has 0 bridgehead atoms. The fourth-order valence-electron chi connectivity index (χ4n) is 2.76. The number of hydrogen-bond donors (Lipinski definition) is 1. The number of anilines is 2. The first-order valence-electron chi connectivity index (χ1n) is 8.12. The van der Waals surface area contributed by atoms with E-state index in [9.17, 15) is 4.79 Å². The highest BCUT2D eigenvalue weighted by Crippen LogP contribution is 2.33. The van der Waals surface area contributed by atoms with Crippen molar-refractivity contribution >= 4 is 29.0 Å². The molecule has 1 aliphatic heterocycles. The van der Waals surface area contributed by atoms with E-state index in [0.29, 0.717) is 6.54 Å². The third-order valence-electron chi connectivity index (χ3n) is 4.02. The second-order valence-electron chi connectivity index (χ2n) is 5.69. The van der Waals surface area contributed by atoms with E-state index in [2.05, 4.69) is 47.5 Å². The van der Waals surface area contributed by atoms with E-state index in [1.54, 1.807) is 0 Å². The molecule has 0 atom stereocenters. The summed E-state index contributed by atoms with van der Waals surface area (Å²) in [7, 11) is 0. The van der Waals surface area contributed by atoms with Crippen LogP contribution in [0.15, 0.2) is 53.4 Å². The number of carbonyl (C=O) groups excluding carboxylic acids is 1.